The Hall–Kier alpha value is -4.01. The Morgan fingerprint density at radius 1 is 1.00 bits per heavy atom. The van der Waals surface area contributed by atoms with Gasteiger partial charge >= 0.3 is 0 Å². The maximum absolute atomic E-state index is 13.7. The van der Waals surface area contributed by atoms with E-state index in [1.54, 1.807) is 18.1 Å². The average molecular weight is 520 g/mol. The molecule has 0 bridgehead atoms. The van der Waals surface area contributed by atoms with Gasteiger partial charge in [-0.05, 0) is 67.4 Å². The van der Waals surface area contributed by atoms with Crippen molar-refractivity contribution in [3.8, 4) is 17.0 Å². The number of carbonyl (C=O) groups is 2. The number of carbonyl (C=O) groups excluding carboxylic acids is 2. The highest BCUT2D eigenvalue weighted by molar-refractivity contribution is 5.96. The number of hydrogen-bond donors (Lipinski definition) is 0. The lowest BCUT2D eigenvalue weighted by Crippen LogP contribution is -2.44. The third kappa shape index (κ3) is 6.85. The first-order valence-corrected chi connectivity index (χ1v) is 13.0. The SMILES string of the molecule is CCCCN(CC(=O)N1CCCN(c2ccc(-c3ccc(OC)cc3)nn2)CC1)C(=O)c1cccc(F)c1. The highest BCUT2D eigenvalue weighted by Gasteiger charge is 2.24. The van der Waals surface area contributed by atoms with Crippen LogP contribution in [-0.4, -0.2) is 78.2 Å². The first kappa shape index (κ1) is 27.0. The van der Waals surface area contributed by atoms with Gasteiger partial charge in [0.2, 0.25) is 5.91 Å². The highest BCUT2D eigenvalue weighted by atomic mass is 19.1. The standard InChI is InChI=1S/C29H34FN5O3/c1-3-4-15-35(29(37)23-7-5-8-24(30)20-23)21-28(36)34-17-6-16-33(18-19-34)27-14-13-26(31-32-27)22-9-11-25(38-2)12-10-22/h5,7-14,20H,3-4,6,15-19,21H2,1-2H3. The van der Waals surface area contributed by atoms with Crippen LogP contribution in [0.3, 0.4) is 0 Å². The monoisotopic (exact) mass is 519 g/mol. The molecule has 1 saturated heterocycles. The Balaban J connectivity index is 1.37. The first-order chi connectivity index (χ1) is 18.5. The second-order valence-corrected chi connectivity index (χ2v) is 9.32. The molecule has 8 nitrogen and oxygen atoms in total. The fourth-order valence-corrected chi connectivity index (χ4v) is 4.47. The molecule has 0 spiro atoms. The molecule has 9 heteroatoms. The Morgan fingerprint density at radius 2 is 1.82 bits per heavy atom. The van der Waals surface area contributed by atoms with Crippen LogP contribution < -0.4 is 9.64 Å². The van der Waals surface area contributed by atoms with Gasteiger partial charge in [-0.1, -0.05) is 19.4 Å². The summed E-state index contributed by atoms with van der Waals surface area (Å²) >= 11 is 0. The van der Waals surface area contributed by atoms with E-state index in [0.29, 0.717) is 26.2 Å². The van der Waals surface area contributed by atoms with Gasteiger partial charge < -0.3 is 19.4 Å². The number of anilines is 1. The predicted octanol–water partition coefficient (Wildman–Crippen LogP) is 4.27. The maximum atomic E-state index is 13.7. The van der Waals surface area contributed by atoms with Crippen molar-refractivity contribution in [2.45, 2.75) is 26.2 Å². The van der Waals surface area contributed by atoms with Crippen LogP contribution in [-0.2, 0) is 4.79 Å². The number of amides is 2. The average Bonchev–Trinajstić information content (AvgIpc) is 3.21. The molecule has 1 fully saturated rings. The summed E-state index contributed by atoms with van der Waals surface area (Å²) in [6, 6.07) is 17.2. The summed E-state index contributed by atoms with van der Waals surface area (Å²) in [7, 11) is 1.63. The fourth-order valence-electron chi connectivity index (χ4n) is 4.47. The molecule has 2 aromatic carbocycles. The lowest BCUT2D eigenvalue weighted by Gasteiger charge is -2.27. The van der Waals surface area contributed by atoms with Crippen molar-refractivity contribution >= 4 is 17.6 Å². The third-order valence-electron chi connectivity index (χ3n) is 6.68. The van der Waals surface area contributed by atoms with E-state index in [1.807, 2.05) is 43.3 Å². The van der Waals surface area contributed by atoms with Crippen LogP contribution in [0, 0.1) is 5.82 Å². The molecule has 1 aromatic heterocycles. The van der Waals surface area contributed by atoms with E-state index in [1.165, 1.54) is 23.1 Å². The van der Waals surface area contributed by atoms with Crippen molar-refractivity contribution < 1.29 is 18.7 Å². The molecule has 0 unspecified atom stereocenters. The fraction of sp³-hybridized carbons (Fsp3) is 0.379. The van der Waals surface area contributed by atoms with Crippen molar-refractivity contribution in [3.05, 3.63) is 72.0 Å². The Labute approximate surface area is 223 Å². The molecule has 1 aliphatic heterocycles. The van der Waals surface area contributed by atoms with Gasteiger partial charge in [-0.15, -0.1) is 10.2 Å². The van der Waals surface area contributed by atoms with Crippen molar-refractivity contribution in [2.75, 3.05) is 51.3 Å². The van der Waals surface area contributed by atoms with Crippen LogP contribution >= 0.6 is 0 Å². The number of rotatable bonds is 9. The smallest absolute Gasteiger partial charge is 0.254 e. The highest BCUT2D eigenvalue weighted by Crippen LogP contribution is 2.22. The van der Waals surface area contributed by atoms with Crippen molar-refractivity contribution in [1.82, 2.24) is 20.0 Å². The summed E-state index contributed by atoms with van der Waals surface area (Å²) in [5, 5.41) is 8.84. The van der Waals surface area contributed by atoms with Gasteiger partial charge in [0.25, 0.3) is 5.91 Å². The van der Waals surface area contributed by atoms with Crippen LogP contribution in [0.2, 0.25) is 0 Å². The lowest BCUT2D eigenvalue weighted by molar-refractivity contribution is -0.131. The molecule has 0 N–H and O–H groups in total. The van der Waals surface area contributed by atoms with E-state index in [0.717, 1.165) is 48.6 Å². The molecule has 0 radical (unpaired) electrons. The molecule has 3 aromatic rings. The Bertz CT molecular complexity index is 1220. The molecule has 0 atom stereocenters. The first-order valence-electron chi connectivity index (χ1n) is 13.0. The van der Waals surface area contributed by atoms with Gasteiger partial charge in [-0.2, -0.15) is 0 Å². The summed E-state index contributed by atoms with van der Waals surface area (Å²) in [6.45, 7) is 4.96. The Morgan fingerprint density at radius 3 is 2.50 bits per heavy atom. The predicted molar refractivity (Wildman–Crippen MR) is 145 cm³/mol. The largest absolute Gasteiger partial charge is 0.497 e. The minimum absolute atomic E-state index is 0.0221. The van der Waals surface area contributed by atoms with Crippen molar-refractivity contribution in [2.24, 2.45) is 0 Å². The van der Waals surface area contributed by atoms with Gasteiger partial charge in [0.15, 0.2) is 5.82 Å². The van der Waals surface area contributed by atoms with Gasteiger partial charge in [0.1, 0.15) is 18.1 Å². The normalized spacial score (nSPS) is 13.7. The molecular weight excluding hydrogens is 485 g/mol. The van der Waals surface area contributed by atoms with Crippen LogP contribution in [0.5, 0.6) is 5.75 Å². The third-order valence-corrected chi connectivity index (χ3v) is 6.68. The molecular formula is C29H34FN5O3. The maximum Gasteiger partial charge on any atom is 0.254 e. The second-order valence-electron chi connectivity index (χ2n) is 9.32. The second kappa shape index (κ2) is 13.0. The van der Waals surface area contributed by atoms with Crippen LogP contribution in [0.4, 0.5) is 10.2 Å². The summed E-state index contributed by atoms with van der Waals surface area (Å²) in [6.07, 6.45) is 2.44. The minimum atomic E-state index is -0.467. The number of aromatic nitrogens is 2. The number of hydrogen-bond acceptors (Lipinski definition) is 6. The number of unbranched alkanes of at least 4 members (excludes halogenated alkanes) is 1. The van der Waals surface area contributed by atoms with E-state index < -0.39 is 5.82 Å². The zero-order valence-electron chi connectivity index (χ0n) is 22.0. The van der Waals surface area contributed by atoms with Crippen molar-refractivity contribution in [3.63, 3.8) is 0 Å². The summed E-state index contributed by atoms with van der Waals surface area (Å²) < 4.78 is 18.9. The van der Waals surface area contributed by atoms with Gasteiger partial charge in [-0.3, -0.25) is 9.59 Å². The van der Waals surface area contributed by atoms with Gasteiger partial charge in [0.05, 0.1) is 12.8 Å². The summed E-state index contributed by atoms with van der Waals surface area (Å²) in [4.78, 5) is 31.7. The molecule has 2 heterocycles. The summed E-state index contributed by atoms with van der Waals surface area (Å²) in [5.74, 6) is 0.658. The van der Waals surface area contributed by atoms with Crippen LogP contribution in [0.1, 0.15) is 36.5 Å². The van der Waals surface area contributed by atoms with E-state index in [9.17, 15) is 14.0 Å². The number of methoxy groups -OCH3 is 1. The number of ether oxygens (including phenoxy) is 1. The number of benzene rings is 2. The topological polar surface area (TPSA) is 78.9 Å². The van der Waals surface area contributed by atoms with Gasteiger partial charge in [-0.25, -0.2) is 4.39 Å². The zero-order chi connectivity index (χ0) is 26.9. The molecule has 1 aliphatic rings. The molecule has 0 saturated carbocycles. The Kier molecular flexibility index (Phi) is 9.24. The van der Waals surface area contributed by atoms with E-state index in [4.69, 9.17) is 4.74 Å². The van der Waals surface area contributed by atoms with Crippen LogP contribution in [0.15, 0.2) is 60.7 Å². The van der Waals surface area contributed by atoms with Gasteiger partial charge in [0, 0.05) is 43.9 Å². The van der Waals surface area contributed by atoms with E-state index in [-0.39, 0.29) is 23.9 Å². The number of nitrogens with zero attached hydrogens (tertiary/aromatic N) is 5. The molecule has 0 aliphatic carbocycles. The molecule has 2 amide bonds. The van der Waals surface area contributed by atoms with E-state index >= 15 is 0 Å². The van der Waals surface area contributed by atoms with Crippen molar-refractivity contribution in [1.29, 1.82) is 0 Å². The van der Waals surface area contributed by atoms with Crippen LogP contribution in [0.25, 0.3) is 11.3 Å². The molecule has 200 valence electrons. The molecule has 38 heavy (non-hydrogen) atoms. The number of halogens is 1. The zero-order valence-corrected chi connectivity index (χ0v) is 22.0. The summed E-state index contributed by atoms with van der Waals surface area (Å²) in [5.41, 5.74) is 1.99. The quantitative estimate of drug-likeness (QED) is 0.420. The van der Waals surface area contributed by atoms with E-state index in [2.05, 4.69) is 15.1 Å². The lowest BCUT2D eigenvalue weighted by atomic mass is 10.1. The molecule has 4 rings (SSSR count). The minimum Gasteiger partial charge on any atom is -0.497 e.